The minimum absolute atomic E-state index is 0.228. The highest BCUT2D eigenvalue weighted by Gasteiger charge is 2.57. The molecule has 6 aromatic rings. The van der Waals surface area contributed by atoms with Gasteiger partial charge >= 0.3 is 0 Å². The van der Waals surface area contributed by atoms with Gasteiger partial charge in [0.15, 0.2) is 0 Å². The van der Waals surface area contributed by atoms with Gasteiger partial charge in [0.05, 0.1) is 28.4 Å². The van der Waals surface area contributed by atoms with Crippen LogP contribution in [-0.2, 0) is 12.8 Å². The summed E-state index contributed by atoms with van der Waals surface area (Å²) < 4.78 is 37.6. The zero-order chi connectivity index (χ0) is 38.2. The number of methoxy groups -OCH3 is 4. The lowest BCUT2D eigenvalue weighted by atomic mass is 9.68. The molecule has 1 aliphatic carbocycles. The van der Waals surface area contributed by atoms with Gasteiger partial charge in [0.2, 0.25) is 0 Å². The summed E-state index contributed by atoms with van der Waals surface area (Å²) in [6.45, 7) is 0. The molecule has 2 unspecified atom stereocenters. The van der Waals surface area contributed by atoms with E-state index in [1.807, 2.05) is 0 Å². The number of rotatable bonds is 10. The van der Waals surface area contributed by atoms with E-state index in [2.05, 4.69) is 133 Å². The first-order valence-corrected chi connectivity index (χ1v) is 22.0. The van der Waals surface area contributed by atoms with Crippen LogP contribution in [0.3, 0.4) is 0 Å². The molecule has 0 amide bonds. The largest absolute Gasteiger partial charge is 0.497 e. The number of para-hydroxylation sites is 2. The van der Waals surface area contributed by atoms with Gasteiger partial charge in [-0.05, 0) is 122 Å². The zero-order valence-electron chi connectivity index (χ0n) is 32.2. The van der Waals surface area contributed by atoms with Gasteiger partial charge in [0, 0.05) is 22.4 Å². The van der Waals surface area contributed by atoms with Crippen molar-refractivity contribution in [3.63, 3.8) is 0 Å². The molecule has 1 fully saturated rings. The van der Waals surface area contributed by atoms with Gasteiger partial charge in [-0.3, -0.25) is 0 Å². The molecule has 8 heteroatoms. The van der Waals surface area contributed by atoms with Gasteiger partial charge in [0.1, 0.15) is 34.5 Å². The van der Waals surface area contributed by atoms with Crippen molar-refractivity contribution in [1.29, 1.82) is 0 Å². The molecule has 3 atom stereocenters. The summed E-state index contributed by atoms with van der Waals surface area (Å²) in [6.07, 6.45) is 5.13. The fourth-order valence-electron chi connectivity index (χ4n) is 8.87. The van der Waals surface area contributed by atoms with Crippen molar-refractivity contribution in [2.24, 2.45) is 11.8 Å². The number of ether oxygens (including phenoxy) is 6. The predicted molar refractivity (Wildman–Crippen MR) is 229 cm³/mol. The Morgan fingerprint density at radius 2 is 0.768 bits per heavy atom. The van der Waals surface area contributed by atoms with Crippen molar-refractivity contribution in [2.75, 3.05) is 28.4 Å². The monoisotopic (exact) mass is 780 g/mol. The van der Waals surface area contributed by atoms with Crippen LogP contribution in [0.1, 0.15) is 30.4 Å². The third-order valence-corrected chi connectivity index (χ3v) is 16.6. The van der Waals surface area contributed by atoms with Crippen molar-refractivity contribution < 1.29 is 28.4 Å². The molecule has 0 saturated heterocycles. The molecule has 0 aromatic heterocycles. The van der Waals surface area contributed by atoms with E-state index < -0.39 is 21.6 Å². The van der Waals surface area contributed by atoms with Crippen LogP contribution in [-0.4, -0.2) is 34.2 Å². The van der Waals surface area contributed by atoms with E-state index in [4.69, 9.17) is 28.4 Å². The first-order chi connectivity index (χ1) is 27.5. The molecule has 6 aromatic carbocycles. The molecule has 2 aliphatic heterocycles. The SMILES string of the molecule is COc1ccc(P(c2ccc(OC)cc2)c2cccc3c2OC24Oc5c(cccc5P(c5ccc(OC)cc5)c5ccc(OC)cc5)C[C@H]2CCCC4C3)cc1. The highest BCUT2D eigenvalue weighted by Crippen LogP contribution is 2.55. The van der Waals surface area contributed by atoms with E-state index in [-0.39, 0.29) is 11.8 Å². The lowest BCUT2D eigenvalue weighted by molar-refractivity contribution is -0.225. The van der Waals surface area contributed by atoms with Crippen molar-refractivity contribution in [2.45, 2.75) is 37.9 Å². The molecule has 9 rings (SSSR count). The highest BCUT2D eigenvalue weighted by molar-refractivity contribution is 7.80. The molecular weight excluding hydrogens is 734 g/mol. The minimum atomic E-state index is -0.995. The second-order valence-electron chi connectivity index (χ2n) is 14.7. The zero-order valence-corrected chi connectivity index (χ0v) is 34.0. The molecule has 1 spiro atoms. The lowest BCUT2D eigenvalue weighted by Crippen LogP contribution is -2.62. The van der Waals surface area contributed by atoms with E-state index in [0.29, 0.717) is 0 Å². The standard InChI is InChI=1S/C48H46O6P2/c1-49-36-14-22-40(23-15-36)55(41-24-16-37(50-2)17-25-41)44-12-5-8-32-30-34-10-7-11-35-31-33-9-6-13-45(47(33)54-48(34,35)53-46(32)44)56(42-26-18-38(51-3)19-27-42)43-28-20-39(52-4)21-29-43/h5-6,8-9,12-29,34-35H,7,10-11,30-31H2,1-4H3/t34-,35?,48?/m1/s1. The van der Waals surface area contributed by atoms with Crippen LogP contribution in [0.15, 0.2) is 133 Å². The highest BCUT2D eigenvalue weighted by atomic mass is 31.1. The summed E-state index contributed by atoms with van der Waals surface area (Å²) in [5, 5.41) is 7.31. The van der Waals surface area contributed by atoms with Crippen molar-refractivity contribution >= 4 is 47.7 Å². The second-order valence-corrected chi connectivity index (χ2v) is 19.0. The summed E-state index contributed by atoms with van der Waals surface area (Å²) in [5.41, 5.74) is 2.52. The van der Waals surface area contributed by atoms with E-state index in [1.165, 1.54) is 49.4 Å². The third-order valence-electron chi connectivity index (χ3n) is 11.7. The average Bonchev–Trinajstić information content (AvgIpc) is 3.25. The van der Waals surface area contributed by atoms with Gasteiger partial charge in [-0.15, -0.1) is 0 Å². The molecule has 0 radical (unpaired) electrons. The Bertz CT molecular complexity index is 2050. The van der Waals surface area contributed by atoms with Crippen LogP contribution in [0.5, 0.6) is 34.5 Å². The molecule has 6 nitrogen and oxygen atoms in total. The van der Waals surface area contributed by atoms with Gasteiger partial charge in [-0.2, -0.15) is 0 Å². The van der Waals surface area contributed by atoms with E-state index in [9.17, 15) is 0 Å². The molecule has 0 bridgehead atoms. The average molecular weight is 781 g/mol. The van der Waals surface area contributed by atoms with Crippen LogP contribution >= 0.6 is 15.8 Å². The molecule has 3 aliphatic rings. The fraction of sp³-hybridized carbons (Fsp3) is 0.250. The van der Waals surface area contributed by atoms with Crippen LogP contribution in [0.25, 0.3) is 0 Å². The number of hydrogen-bond acceptors (Lipinski definition) is 6. The molecule has 56 heavy (non-hydrogen) atoms. The van der Waals surface area contributed by atoms with Gasteiger partial charge in [-0.1, -0.05) is 91.3 Å². The Labute approximate surface area is 332 Å². The van der Waals surface area contributed by atoms with E-state index >= 15 is 0 Å². The van der Waals surface area contributed by atoms with Crippen molar-refractivity contribution in [3.8, 4) is 34.5 Å². The molecule has 284 valence electrons. The Kier molecular flexibility index (Phi) is 10.1. The molecule has 1 saturated carbocycles. The predicted octanol–water partition coefficient (Wildman–Crippen LogP) is 7.92. The van der Waals surface area contributed by atoms with Crippen LogP contribution in [0.2, 0.25) is 0 Å². The van der Waals surface area contributed by atoms with Crippen molar-refractivity contribution in [3.05, 3.63) is 145 Å². The van der Waals surface area contributed by atoms with Crippen LogP contribution < -0.4 is 60.2 Å². The normalized spacial score (nSPS) is 19.4. The summed E-state index contributed by atoms with van der Waals surface area (Å²) in [4.78, 5) is 0. The van der Waals surface area contributed by atoms with Crippen LogP contribution in [0.4, 0.5) is 0 Å². The number of hydrogen-bond donors (Lipinski definition) is 0. The van der Waals surface area contributed by atoms with E-state index in [0.717, 1.165) is 60.2 Å². The summed E-state index contributed by atoms with van der Waals surface area (Å²) in [6, 6.07) is 47.5. The lowest BCUT2D eigenvalue weighted by Gasteiger charge is -2.54. The second kappa shape index (κ2) is 15.5. The fourth-order valence-corrected chi connectivity index (χ4v) is 13.6. The molecule has 2 heterocycles. The quantitative estimate of drug-likeness (QED) is 0.132. The van der Waals surface area contributed by atoms with E-state index in [1.54, 1.807) is 28.4 Å². The van der Waals surface area contributed by atoms with Crippen molar-refractivity contribution in [1.82, 2.24) is 0 Å². The maximum absolute atomic E-state index is 7.65. The first-order valence-electron chi connectivity index (χ1n) is 19.3. The Morgan fingerprint density at radius 1 is 0.446 bits per heavy atom. The number of benzene rings is 6. The maximum Gasteiger partial charge on any atom is 0.257 e. The number of fused-ring (bicyclic) bond motifs is 2. The molecular formula is C48H46O6P2. The summed E-state index contributed by atoms with van der Waals surface area (Å²) >= 11 is 0. The molecule has 0 N–H and O–H groups in total. The smallest absolute Gasteiger partial charge is 0.257 e. The minimum Gasteiger partial charge on any atom is -0.497 e. The maximum atomic E-state index is 7.65. The van der Waals surface area contributed by atoms with Gasteiger partial charge in [-0.25, -0.2) is 0 Å². The Morgan fingerprint density at radius 3 is 1.07 bits per heavy atom. The van der Waals surface area contributed by atoms with Gasteiger partial charge in [0.25, 0.3) is 5.79 Å². The van der Waals surface area contributed by atoms with Crippen LogP contribution in [0, 0.1) is 11.8 Å². The first kappa shape index (κ1) is 36.6. The third kappa shape index (κ3) is 6.57. The topological polar surface area (TPSA) is 55.4 Å². The Balaban J connectivity index is 1.17. The summed E-state index contributed by atoms with van der Waals surface area (Å²) in [5.74, 6) is 4.97. The Hall–Kier alpha value is -5.02. The summed E-state index contributed by atoms with van der Waals surface area (Å²) in [7, 11) is 4.86. The van der Waals surface area contributed by atoms with Gasteiger partial charge < -0.3 is 28.4 Å².